The van der Waals surface area contributed by atoms with Gasteiger partial charge < -0.3 is 14.9 Å². The maximum Gasteiger partial charge on any atom is 0.141 e. The predicted molar refractivity (Wildman–Crippen MR) is 69.9 cm³/mol. The van der Waals surface area contributed by atoms with E-state index in [1.807, 2.05) is 0 Å². The molecule has 2 saturated carbocycles. The summed E-state index contributed by atoms with van der Waals surface area (Å²) in [6.07, 6.45) is 0.708. The number of aliphatic hydroxyl groups excluding tert-OH is 2. The van der Waals surface area contributed by atoms with Crippen LogP contribution in [0.1, 0.15) is 44.9 Å². The van der Waals surface area contributed by atoms with Crippen LogP contribution in [0.15, 0.2) is 0 Å². The first-order valence-electron chi connectivity index (χ1n) is 7.74. The number of rotatable bonds is 1. The van der Waals surface area contributed by atoms with Gasteiger partial charge >= 0.3 is 0 Å². The van der Waals surface area contributed by atoms with Gasteiger partial charge in [0.25, 0.3) is 0 Å². The zero-order valence-corrected chi connectivity index (χ0v) is 11.6. The van der Waals surface area contributed by atoms with Gasteiger partial charge in [-0.05, 0) is 44.4 Å². The van der Waals surface area contributed by atoms with Crippen LogP contribution >= 0.6 is 0 Å². The van der Waals surface area contributed by atoms with Gasteiger partial charge in [0.15, 0.2) is 0 Å². The maximum absolute atomic E-state index is 13.2. The highest BCUT2D eigenvalue weighted by atomic mass is 19.1. The molecule has 5 unspecified atom stereocenters. The minimum Gasteiger partial charge on any atom is -0.390 e. The lowest BCUT2D eigenvalue weighted by molar-refractivity contribution is -0.195. The van der Waals surface area contributed by atoms with Crippen molar-refractivity contribution in [3.8, 4) is 0 Å². The van der Waals surface area contributed by atoms with Crippen LogP contribution in [0.25, 0.3) is 0 Å². The van der Waals surface area contributed by atoms with Crippen molar-refractivity contribution >= 4 is 5.78 Å². The number of carbonyl (C=O) groups is 1. The van der Waals surface area contributed by atoms with Crippen molar-refractivity contribution in [3.05, 3.63) is 0 Å². The van der Waals surface area contributed by atoms with Crippen molar-refractivity contribution in [1.82, 2.24) is 0 Å². The van der Waals surface area contributed by atoms with Crippen LogP contribution < -0.4 is 0 Å². The van der Waals surface area contributed by atoms with Crippen molar-refractivity contribution in [1.29, 1.82) is 0 Å². The number of halogens is 1. The number of ketones is 1. The second-order valence-corrected chi connectivity index (χ2v) is 6.56. The Hall–Kier alpha value is -0.520. The molecule has 1 aliphatic heterocycles. The van der Waals surface area contributed by atoms with Crippen LogP contribution in [0, 0.1) is 11.8 Å². The fraction of sp³-hybridized carbons (Fsp3) is 0.933. The molecule has 0 aromatic carbocycles. The Labute approximate surface area is 118 Å². The Bertz CT molecular complexity index is 367. The lowest BCUT2D eigenvalue weighted by Crippen LogP contribution is -2.56. The molecule has 2 N–H and O–H groups in total. The van der Waals surface area contributed by atoms with Gasteiger partial charge in [0.1, 0.15) is 18.1 Å². The van der Waals surface area contributed by atoms with E-state index in [9.17, 15) is 19.4 Å². The van der Waals surface area contributed by atoms with Crippen LogP contribution in [-0.2, 0) is 9.53 Å². The molecule has 114 valence electrons. The molecule has 3 fully saturated rings. The van der Waals surface area contributed by atoms with Crippen molar-refractivity contribution in [2.24, 2.45) is 11.8 Å². The summed E-state index contributed by atoms with van der Waals surface area (Å²) in [5, 5.41) is 19.8. The Morgan fingerprint density at radius 1 is 1.05 bits per heavy atom. The topological polar surface area (TPSA) is 66.8 Å². The van der Waals surface area contributed by atoms with Gasteiger partial charge in [0, 0.05) is 12.3 Å². The number of ether oxygens (including phenoxy) is 1. The van der Waals surface area contributed by atoms with E-state index in [2.05, 4.69) is 0 Å². The average molecular weight is 286 g/mol. The SMILES string of the molecule is O=C1CC(C2CCC(F)CC2)OC2C1CCC(O)C2O. The molecule has 1 heterocycles. The molecule has 0 amide bonds. The van der Waals surface area contributed by atoms with Gasteiger partial charge in [-0.2, -0.15) is 0 Å². The monoisotopic (exact) mass is 286 g/mol. The number of aliphatic hydroxyl groups is 2. The molecule has 4 nitrogen and oxygen atoms in total. The first kappa shape index (κ1) is 14.4. The summed E-state index contributed by atoms with van der Waals surface area (Å²) in [6, 6.07) is 0. The van der Waals surface area contributed by atoms with E-state index in [0.717, 1.165) is 12.8 Å². The molecule has 3 aliphatic rings. The summed E-state index contributed by atoms with van der Waals surface area (Å²) < 4.78 is 19.2. The highest BCUT2D eigenvalue weighted by Crippen LogP contribution is 2.39. The van der Waals surface area contributed by atoms with E-state index in [1.165, 1.54) is 0 Å². The summed E-state index contributed by atoms with van der Waals surface area (Å²) in [5.41, 5.74) is 0. The quantitative estimate of drug-likeness (QED) is 0.764. The molecule has 3 rings (SSSR count). The number of fused-ring (bicyclic) bond motifs is 1. The van der Waals surface area contributed by atoms with Crippen LogP contribution in [0.4, 0.5) is 4.39 Å². The lowest BCUT2D eigenvalue weighted by atomic mass is 9.74. The highest BCUT2D eigenvalue weighted by molar-refractivity contribution is 5.83. The largest absolute Gasteiger partial charge is 0.390 e. The normalized spacial score (nSPS) is 49.8. The van der Waals surface area contributed by atoms with E-state index in [0.29, 0.717) is 32.1 Å². The molecule has 1 saturated heterocycles. The van der Waals surface area contributed by atoms with Gasteiger partial charge in [-0.15, -0.1) is 0 Å². The fourth-order valence-corrected chi connectivity index (χ4v) is 3.99. The number of carbonyl (C=O) groups excluding carboxylic acids is 1. The molecular formula is C15H23FO4. The van der Waals surface area contributed by atoms with E-state index in [-0.39, 0.29) is 23.7 Å². The third-order valence-corrected chi connectivity index (χ3v) is 5.28. The molecule has 5 heteroatoms. The molecular weight excluding hydrogens is 263 g/mol. The standard InChI is InChI=1S/C15H23FO4/c16-9-3-1-8(2-4-9)13-7-12(18)10-5-6-11(17)14(19)15(10)20-13/h8-11,13-15,17,19H,1-7H2. The van der Waals surface area contributed by atoms with Crippen LogP contribution in [0.2, 0.25) is 0 Å². The Morgan fingerprint density at radius 2 is 1.75 bits per heavy atom. The first-order valence-corrected chi connectivity index (χ1v) is 7.74. The Morgan fingerprint density at radius 3 is 2.45 bits per heavy atom. The van der Waals surface area contributed by atoms with E-state index in [1.54, 1.807) is 0 Å². The van der Waals surface area contributed by atoms with Crippen molar-refractivity contribution in [3.63, 3.8) is 0 Å². The van der Waals surface area contributed by atoms with Crippen LogP contribution in [0.3, 0.4) is 0 Å². The Kier molecular flexibility index (Phi) is 4.11. The maximum atomic E-state index is 13.2. The number of alkyl halides is 1. The number of hydrogen-bond acceptors (Lipinski definition) is 4. The molecule has 0 bridgehead atoms. The van der Waals surface area contributed by atoms with Crippen LogP contribution in [-0.4, -0.2) is 46.6 Å². The second kappa shape index (κ2) is 5.70. The van der Waals surface area contributed by atoms with Crippen LogP contribution in [0.5, 0.6) is 0 Å². The van der Waals surface area contributed by atoms with E-state index >= 15 is 0 Å². The van der Waals surface area contributed by atoms with Gasteiger partial charge in [0.2, 0.25) is 0 Å². The average Bonchev–Trinajstić information content (AvgIpc) is 2.44. The van der Waals surface area contributed by atoms with Gasteiger partial charge in [-0.3, -0.25) is 4.79 Å². The number of Topliss-reactive ketones (excluding diaryl/α,β-unsaturated/α-hetero) is 1. The van der Waals surface area contributed by atoms with Crippen molar-refractivity contribution < 1.29 is 24.1 Å². The smallest absolute Gasteiger partial charge is 0.141 e. The summed E-state index contributed by atoms with van der Waals surface area (Å²) in [6.45, 7) is 0. The third kappa shape index (κ3) is 2.63. The summed E-state index contributed by atoms with van der Waals surface area (Å²) in [5.74, 6) is 0.0694. The van der Waals surface area contributed by atoms with Crippen molar-refractivity contribution in [2.45, 2.75) is 75.5 Å². The van der Waals surface area contributed by atoms with Crippen molar-refractivity contribution in [2.75, 3.05) is 0 Å². The fourth-order valence-electron chi connectivity index (χ4n) is 3.99. The summed E-state index contributed by atoms with van der Waals surface area (Å²) in [4.78, 5) is 12.3. The summed E-state index contributed by atoms with van der Waals surface area (Å²) >= 11 is 0. The minimum atomic E-state index is -0.974. The predicted octanol–water partition coefficient (Wildman–Crippen LogP) is 1.37. The first-order chi connectivity index (χ1) is 9.56. The number of hydrogen-bond donors (Lipinski definition) is 2. The highest BCUT2D eigenvalue weighted by Gasteiger charge is 2.48. The summed E-state index contributed by atoms with van der Waals surface area (Å²) in [7, 11) is 0. The lowest BCUT2D eigenvalue weighted by Gasteiger charge is -2.45. The molecule has 2 aliphatic carbocycles. The third-order valence-electron chi connectivity index (χ3n) is 5.28. The molecule has 0 aromatic rings. The second-order valence-electron chi connectivity index (χ2n) is 6.56. The zero-order chi connectivity index (χ0) is 14.3. The van der Waals surface area contributed by atoms with E-state index in [4.69, 9.17) is 4.74 Å². The molecule has 5 atom stereocenters. The minimum absolute atomic E-state index is 0.138. The van der Waals surface area contributed by atoms with Gasteiger partial charge in [0.05, 0.1) is 18.3 Å². The van der Waals surface area contributed by atoms with Gasteiger partial charge in [-0.25, -0.2) is 4.39 Å². The Balaban J connectivity index is 1.68. The molecule has 0 aromatic heterocycles. The van der Waals surface area contributed by atoms with E-state index < -0.39 is 24.5 Å². The molecule has 0 radical (unpaired) electrons. The zero-order valence-electron chi connectivity index (χ0n) is 11.6. The molecule has 20 heavy (non-hydrogen) atoms. The molecule has 0 spiro atoms. The van der Waals surface area contributed by atoms with Gasteiger partial charge in [-0.1, -0.05) is 0 Å².